The lowest BCUT2D eigenvalue weighted by atomic mass is 10.2. The number of aromatic nitrogens is 2. The van der Waals surface area contributed by atoms with Gasteiger partial charge in [0.1, 0.15) is 0 Å². The van der Waals surface area contributed by atoms with Gasteiger partial charge in [0.25, 0.3) is 0 Å². The van der Waals surface area contributed by atoms with Crippen LogP contribution in [0, 0.1) is 0 Å². The Morgan fingerprint density at radius 2 is 2.16 bits per heavy atom. The maximum atomic E-state index is 11.3. The first-order valence-corrected chi connectivity index (χ1v) is 7.15. The smallest absolute Gasteiger partial charge is 0.238 e. The molecule has 0 atom stereocenters. The molecule has 0 unspecified atom stereocenters. The highest BCUT2D eigenvalue weighted by Gasteiger charge is 2.10. The minimum atomic E-state index is -3.72. The van der Waals surface area contributed by atoms with E-state index in [9.17, 15) is 8.42 Å². The monoisotopic (exact) mass is 281 g/mol. The number of H-pyrrole nitrogens is 1. The first-order chi connectivity index (χ1) is 8.97. The van der Waals surface area contributed by atoms with E-state index in [0.29, 0.717) is 17.9 Å². The highest BCUT2D eigenvalue weighted by molar-refractivity contribution is 7.89. The molecule has 1 aromatic carbocycles. The molecule has 0 fully saturated rings. The molecule has 0 radical (unpaired) electrons. The fourth-order valence-electron chi connectivity index (χ4n) is 1.62. The van der Waals surface area contributed by atoms with E-state index in [1.54, 1.807) is 12.5 Å². The Hall–Kier alpha value is -2.06. The number of hydrogen-bond acceptors (Lipinski definition) is 5. The van der Waals surface area contributed by atoms with Crippen molar-refractivity contribution in [1.82, 2.24) is 9.97 Å². The van der Waals surface area contributed by atoms with Crippen molar-refractivity contribution in [3.8, 4) is 0 Å². The molecule has 102 valence electrons. The van der Waals surface area contributed by atoms with Crippen LogP contribution < -0.4 is 16.2 Å². The Balaban J connectivity index is 2.07. The van der Waals surface area contributed by atoms with Gasteiger partial charge in [-0.3, -0.25) is 0 Å². The molecule has 0 aliphatic heterocycles. The molecule has 0 amide bonds. The molecule has 8 heteroatoms. The van der Waals surface area contributed by atoms with Gasteiger partial charge in [0.15, 0.2) is 0 Å². The topological polar surface area (TPSA) is 127 Å². The fourth-order valence-corrected chi connectivity index (χ4v) is 2.16. The summed E-state index contributed by atoms with van der Waals surface area (Å²) >= 11 is 0. The Morgan fingerprint density at radius 1 is 1.37 bits per heavy atom. The van der Waals surface area contributed by atoms with Crippen LogP contribution >= 0.6 is 0 Å². The second-order valence-corrected chi connectivity index (χ2v) is 5.61. The SMILES string of the molecule is Nc1ccc(S(N)(=O)=O)cc1NCCc1cnc[nH]1. The molecular weight excluding hydrogens is 266 g/mol. The largest absolute Gasteiger partial charge is 0.397 e. The van der Waals surface area contributed by atoms with E-state index in [-0.39, 0.29) is 4.90 Å². The Labute approximate surface area is 111 Å². The van der Waals surface area contributed by atoms with Crippen molar-refractivity contribution in [3.63, 3.8) is 0 Å². The third kappa shape index (κ3) is 3.46. The van der Waals surface area contributed by atoms with Crippen LogP contribution in [0.2, 0.25) is 0 Å². The molecule has 0 aliphatic rings. The van der Waals surface area contributed by atoms with Crippen LogP contribution in [-0.2, 0) is 16.4 Å². The molecule has 0 saturated heterocycles. The second-order valence-electron chi connectivity index (χ2n) is 4.05. The van der Waals surface area contributed by atoms with E-state index in [0.717, 1.165) is 12.1 Å². The predicted molar refractivity (Wildman–Crippen MR) is 73.0 cm³/mol. The number of nitrogen functional groups attached to an aromatic ring is 1. The van der Waals surface area contributed by atoms with Crippen LogP contribution in [0.15, 0.2) is 35.6 Å². The van der Waals surface area contributed by atoms with Crippen molar-refractivity contribution < 1.29 is 8.42 Å². The van der Waals surface area contributed by atoms with Gasteiger partial charge in [0.2, 0.25) is 10.0 Å². The normalized spacial score (nSPS) is 11.4. The molecule has 6 N–H and O–H groups in total. The third-order valence-electron chi connectivity index (χ3n) is 2.62. The molecule has 0 saturated carbocycles. The summed E-state index contributed by atoms with van der Waals surface area (Å²) < 4.78 is 22.5. The predicted octanol–water partition coefficient (Wildman–Crippen LogP) is 0.294. The average molecular weight is 281 g/mol. The van der Waals surface area contributed by atoms with E-state index in [2.05, 4.69) is 15.3 Å². The van der Waals surface area contributed by atoms with E-state index < -0.39 is 10.0 Å². The van der Waals surface area contributed by atoms with E-state index in [1.807, 2.05) is 0 Å². The number of rotatable bonds is 5. The van der Waals surface area contributed by atoms with Crippen molar-refractivity contribution in [2.45, 2.75) is 11.3 Å². The van der Waals surface area contributed by atoms with Gasteiger partial charge in [-0.15, -0.1) is 0 Å². The lowest BCUT2D eigenvalue weighted by molar-refractivity contribution is 0.598. The standard InChI is InChI=1S/C11H15N5O2S/c12-10-2-1-9(19(13,17)18)5-11(10)15-4-3-8-6-14-7-16-8/h1-2,5-7,15H,3-4,12H2,(H,14,16)(H2,13,17,18). The number of sulfonamides is 1. The molecule has 2 aromatic rings. The van der Waals surface area contributed by atoms with Gasteiger partial charge in [-0.1, -0.05) is 0 Å². The molecule has 2 rings (SSSR count). The van der Waals surface area contributed by atoms with Gasteiger partial charge in [-0.05, 0) is 18.2 Å². The number of aromatic amines is 1. The first kappa shape index (κ1) is 13.4. The summed E-state index contributed by atoms with van der Waals surface area (Å²) in [5, 5.41) is 8.14. The number of hydrogen-bond donors (Lipinski definition) is 4. The summed E-state index contributed by atoms with van der Waals surface area (Å²) in [4.78, 5) is 6.92. The zero-order chi connectivity index (χ0) is 13.9. The van der Waals surface area contributed by atoms with Crippen LogP contribution in [0.25, 0.3) is 0 Å². The van der Waals surface area contributed by atoms with Crippen LogP contribution in [0.3, 0.4) is 0 Å². The van der Waals surface area contributed by atoms with Crippen molar-refractivity contribution in [2.24, 2.45) is 5.14 Å². The quantitative estimate of drug-likeness (QED) is 0.586. The minimum absolute atomic E-state index is 0.0331. The van der Waals surface area contributed by atoms with Crippen molar-refractivity contribution in [2.75, 3.05) is 17.6 Å². The van der Waals surface area contributed by atoms with E-state index >= 15 is 0 Å². The number of primary sulfonamides is 1. The fraction of sp³-hybridized carbons (Fsp3) is 0.182. The average Bonchev–Trinajstić information content (AvgIpc) is 2.83. The Bertz CT molecular complexity index is 652. The highest BCUT2D eigenvalue weighted by atomic mass is 32.2. The first-order valence-electron chi connectivity index (χ1n) is 5.60. The number of nitrogens with two attached hydrogens (primary N) is 2. The minimum Gasteiger partial charge on any atom is -0.397 e. The van der Waals surface area contributed by atoms with E-state index in [4.69, 9.17) is 10.9 Å². The summed E-state index contributed by atoms with van der Waals surface area (Å²) in [5.74, 6) is 0. The number of anilines is 2. The van der Waals surface area contributed by atoms with Crippen LogP contribution in [0.4, 0.5) is 11.4 Å². The Morgan fingerprint density at radius 3 is 2.79 bits per heavy atom. The van der Waals surface area contributed by atoms with Crippen molar-refractivity contribution >= 4 is 21.4 Å². The maximum absolute atomic E-state index is 11.3. The summed E-state index contributed by atoms with van der Waals surface area (Å²) in [6.07, 6.45) is 4.05. The lowest BCUT2D eigenvalue weighted by Gasteiger charge is -2.10. The lowest BCUT2D eigenvalue weighted by Crippen LogP contribution is -2.13. The summed E-state index contributed by atoms with van der Waals surface area (Å²) in [5.41, 5.74) is 7.77. The molecule has 1 aromatic heterocycles. The second kappa shape index (κ2) is 5.29. The number of nitrogens with one attached hydrogen (secondary N) is 2. The molecule has 7 nitrogen and oxygen atoms in total. The molecule has 0 bridgehead atoms. The summed E-state index contributed by atoms with van der Waals surface area (Å²) in [7, 11) is -3.72. The zero-order valence-corrected chi connectivity index (χ0v) is 10.9. The highest BCUT2D eigenvalue weighted by Crippen LogP contribution is 2.22. The number of imidazole rings is 1. The van der Waals surface area contributed by atoms with E-state index in [1.165, 1.54) is 18.2 Å². The van der Waals surface area contributed by atoms with Gasteiger partial charge in [-0.2, -0.15) is 0 Å². The van der Waals surface area contributed by atoms with Crippen LogP contribution in [-0.4, -0.2) is 24.9 Å². The Kier molecular flexibility index (Phi) is 3.72. The summed E-state index contributed by atoms with van der Waals surface area (Å²) in [6.45, 7) is 0.598. The molecule has 0 aliphatic carbocycles. The number of nitrogens with zero attached hydrogens (tertiary/aromatic N) is 1. The van der Waals surface area contributed by atoms with Crippen molar-refractivity contribution in [3.05, 3.63) is 36.4 Å². The van der Waals surface area contributed by atoms with Gasteiger partial charge < -0.3 is 16.0 Å². The van der Waals surface area contributed by atoms with Crippen molar-refractivity contribution in [1.29, 1.82) is 0 Å². The van der Waals surface area contributed by atoms with Crippen LogP contribution in [0.1, 0.15) is 5.69 Å². The molecule has 0 spiro atoms. The molecule has 1 heterocycles. The van der Waals surface area contributed by atoms with Gasteiger partial charge >= 0.3 is 0 Å². The maximum Gasteiger partial charge on any atom is 0.238 e. The number of benzene rings is 1. The van der Waals surface area contributed by atoms with Gasteiger partial charge in [0, 0.05) is 24.9 Å². The van der Waals surface area contributed by atoms with Gasteiger partial charge in [-0.25, -0.2) is 18.5 Å². The van der Waals surface area contributed by atoms with Crippen LogP contribution in [0.5, 0.6) is 0 Å². The summed E-state index contributed by atoms with van der Waals surface area (Å²) in [6, 6.07) is 4.32. The van der Waals surface area contributed by atoms with Gasteiger partial charge in [0.05, 0.1) is 22.6 Å². The zero-order valence-electron chi connectivity index (χ0n) is 10.1. The molecular formula is C11H15N5O2S. The third-order valence-corrected chi connectivity index (χ3v) is 3.53. The molecule has 19 heavy (non-hydrogen) atoms.